The van der Waals surface area contributed by atoms with Gasteiger partial charge in [-0.2, -0.15) is 0 Å². The molecule has 5 rings (SSSR count). The van der Waals surface area contributed by atoms with Gasteiger partial charge >= 0.3 is 6.01 Å². The summed E-state index contributed by atoms with van der Waals surface area (Å²) in [6.45, 7) is 4.56. The van der Waals surface area contributed by atoms with Crippen LogP contribution in [0.25, 0.3) is 10.9 Å². The molecule has 46 heavy (non-hydrogen) atoms. The fraction of sp³-hybridized carbons (Fsp3) is 0.172. The van der Waals surface area contributed by atoms with Gasteiger partial charge in [0, 0.05) is 42.9 Å². The van der Waals surface area contributed by atoms with Gasteiger partial charge in [-0.25, -0.2) is 24.3 Å². The van der Waals surface area contributed by atoms with E-state index in [1.807, 2.05) is 6.07 Å². The summed E-state index contributed by atoms with van der Waals surface area (Å²) in [5, 5.41) is 5.11. The second-order valence-electron chi connectivity index (χ2n) is 9.98. The molecule has 6 radical (unpaired) electrons. The van der Waals surface area contributed by atoms with Gasteiger partial charge in [0.25, 0.3) is 0 Å². The highest BCUT2D eigenvalue weighted by Crippen LogP contribution is 2.35. The third-order valence-electron chi connectivity index (χ3n) is 6.46. The maximum atomic E-state index is 15.2. The number of allylic oxidation sites excluding steroid dienone is 1. The molecule has 1 fully saturated rings. The number of carbonyl (C=O) groups excluding carboxylic acids is 1. The van der Waals surface area contributed by atoms with Crippen molar-refractivity contribution >= 4 is 69.4 Å². The number of carbonyl (C=O) groups is 1. The predicted molar refractivity (Wildman–Crippen MR) is 174 cm³/mol. The van der Waals surface area contributed by atoms with Gasteiger partial charge in [-0.15, -0.1) is 0 Å². The highest BCUT2D eigenvalue weighted by Gasteiger charge is 2.30. The van der Waals surface area contributed by atoms with Crippen molar-refractivity contribution in [2.24, 2.45) is 10.7 Å². The standard InChI is InChI=1S/C29H25B3FN9O4/c1-3-26(43)42-13-17(14-42)40-23-9-19-22(10-24(23)44-2)38-15-39-27(19)41-21-5-4-18(8-20(21)33)45-25(34)6-7-35-16-11-36-28(37-12-16)46-29(30,31)32/h3-12,15,17,40H,1,13-14,34H2,2H3,(H,38,39,41)/b25-6+,35-7?. The molecule has 2 aromatic heterocycles. The van der Waals surface area contributed by atoms with E-state index >= 15 is 4.39 Å². The van der Waals surface area contributed by atoms with Crippen molar-refractivity contribution in [2.45, 2.75) is 11.3 Å². The van der Waals surface area contributed by atoms with Crippen molar-refractivity contribution in [3.63, 3.8) is 0 Å². The molecule has 1 aliphatic rings. The number of nitrogens with zero attached hydrogens (tertiary/aromatic N) is 6. The monoisotopic (exact) mass is 615 g/mol. The van der Waals surface area contributed by atoms with Gasteiger partial charge in [0.15, 0.2) is 5.88 Å². The summed E-state index contributed by atoms with van der Waals surface area (Å²) in [5.74, 6) is 0.287. The van der Waals surface area contributed by atoms with Crippen LogP contribution in [0.2, 0.25) is 0 Å². The molecule has 0 unspecified atom stereocenters. The molecule has 4 N–H and O–H groups in total. The molecule has 17 heteroatoms. The zero-order valence-corrected chi connectivity index (χ0v) is 24.6. The first kappa shape index (κ1) is 31.8. The van der Waals surface area contributed by atoms with E-state index in [1.54, 1.807) is 18.1 Å². The Kier molecular flexibility index (Phi) is 9.40. The van der Waals surface area contributed by atoms with Crippen LogP contribution in [-0.2, 0) is 4.79 Å². The number of ether oxygens (including phenoxy) is 3. The van der Waals surface area contributed by atoms with Crippen molar-refractivity contribution in [1.29, 1.82) is 0 Å². The Labute approximate surface area is 267 Å². The number of halogens is 1. The van der Waals surface area contributed by atoms with Gasteiger partial charge in [-0.05, 0) is 29.6 Å². The number of nitrogens with two attached hydrogens (primary N) is 1. The Bertz CT molecular complexity index is 1810. The Balaban J connectivity index is 1.25. The zero-order chi connectivity index (χ0) is 32.8. The number of rotatable bonds is 12. The van der Waals surface area contributed by atoms with Crippen LogP contribution in [0.1, 0.15) is 0 Å². The highest BCUT2D eigenvalue weighted by atomic mass is 19.1. The number of nitrogens with one attached hydrogen (secondary N) is 2. The molecule has 1 amide bonds. The van der Waals surface area contributed by atoms with Crippen LogP contribution < -0.4 is 30.6 Å². The number of aliphatic imine (C=N–C) groups is 1. The quantitative estimate of drug-likeness (QED) is 0.0928. The molecule has 0 bridgehead atoms. The van der Waals surface area contributed by atoms with E-state index in [2.05, 4.69) is 42.1 Å². The average molecular weight is 615 g/mol. The van der Waals surface area contributed by atoms with E-state index in [1.165, 1.54) is 55.3 Å². The number of anilines is 3. The summed E-state index contributed by atoms with van der Waals surface area (Å²) < 4.78 is 31.1. The molecular formula is C29H25B3FN9O4. The molecule has 0 aliphatic carbocycles. The summed E-state index contributed by atoms with van der Waals surface area (Å²) >= 11 is 0. The van der Waals surface area contributed by atoms with E-state index in [0.29, 0.717) is 46.9 Å². The average Bonchev–Trinajstić information content (AvgIpc) is 2.99. The molecule has 13 nitrogen and oxygen atoms in total. The first-order valence-electron chi connectivity index (χ1n) is 13.6. The molecule has 0 saturated carbocycles. The number of hydrogen-bond acceptors (Lipinski definition) is 12. The molecular weight excluding hydrogens is 590 g/mol. The third kappa shape index (κ3) is 7.91. The van der Waals surface area contributed by atoms with Crippen molar-refractivity contribution in [3.05, 3.63) is 79.5 Å². The molecule has 0 spiro atoms. The van der Waals surface area contributed by atoms with Crippen molar-refractivity contribution in [1.82, 2.24) is 24.8 Å². The van der Waals surface area contributed by atoms with Gasteiger partial charge < -0.3 is 35.5 Å². The first-order valence-corrected chi connectivity index (χ1v) is 13.6. The lowest BCUT2D eigenvalue weighted by atomic mass is 9.52. The van der Waals surface area contributed by atoms with E-state index in [4.69, 9.17) is 43.5 Å². The molecule has 3 heterocycles. The molecule has 4 aromatic rings. The summed E-state index contributed by atoms with van der Waals surface area (Å²) in [5.41, 5.74) is 7.68. The van der Waals surface area contributed by atoms with Gasteiger partial charge in [0.2, 0.25) is 5.91 Å². The molecule has 1 aliphatic heterocycles. The smallest absolute Gasteiger partial charge is 0.314 e. The number of hydrogen-bond donors (Lipinski definition) is 3. The minimum atomic E-state index is -1.91. The molecule has 0 atom stereocenters. The lowest BCUT2D eigenvalue weighted by Crippen LogP contribution is -2.56. The summed E-state index contributed by atoms with van der Waals surface area (Å²) in [6, 6.07) is 7.66. The summed E-state index contributed by atoms with van der Waals surface area (Å²) in [7, 11) is 17.6. The number of amides is 1. The zero-order valence-electron chi connectivity index (χ0n) is 24.6. The van der Waals surface area contributed by atoms with Crippen molar-refractivity contribution < 1.29 is 23.4 Å². The van der Waals surface area contributed by atoms with Crippen molar-refractivity contribution in [3.8, 4) is 17.5 Å². The van der Waals surface area contributed by atoms with Gasteiger partial charge in [-0.1, -0.05) is 6.58 Å². The summed E-state index contributed by atoms with van der Waals surface area (Å²) in [6.07, 6.45) is 8.06. The number of likely N-dealkylation sites (tertiary alicyclic amines) is 1. The number of fused-ring (bicyclic) bond motifs is 1. The minimum absolute atomic E-state index is 0.0193. The second-order valence-corrected chi connectivity index (χ2v) is 9.98. The normalized spacial score (nSPS) is 13.7. The molecule has 1 saturated heterocycles. The maximum absolute atomic E-state index is 15.2. The van der Waals surface area contributed by atoms with Crippen LogP contribution in [0, 0.1) is 5.82 Å². The minimum Gasteiger partial charge on any atom is -0.495 e. The molecule has 226 valence electrons. The second kappa shape index (κ2) is 13.6. The van der Waals surface area contributed by atoms with Gasteiger partial charge in [0.05, 0.1) is 48.1 Å². The van der Waals surface area contributed by atoms with Crippen LogP contribution in [0.15, 0.2) is 78.7 Å². The first-order chi connectivity index (χ1) is 22.0. The van der Waals surface area contributed by atoms with Crippen molar-refractivity contribution in [2.75, 3.05) is 30.8 Å². The fourth-order valence-electron chi connectivity index (χ4n) is 4.31. The van der Waals surface area contributed by atoms with E-state index in [9.17, 15) is 4.79 Å². The van der Waals surface area contributed by atoms with Crippen LogP contribution in [0.5, 0.6) is 17.5 Å². The molecule has 2 aromatic carbocycles. The van der Waals surface area contributed by atoms with E-state index < -0.39 is 11.1 Å². The van der Waals surface area contributed by atoms with E-state index in [-0.39, 0.29) is 35.3 Å². The topological polar surface area (TPSA) is 162 Å². The number of benzene rings is 2. The fourth-order valence-corrected chi connectivity index (χ4v) is 4.31. The van der Waals surface area contributed by atoms with E-state index in [0.717, 1.165) is 0 Å². The lowest BCUT2D eigenvalue weighted by molar-refractivity contribution is -0.129. The van der Waals surface area contributed by atoms with Crippen LogP contribution in [0.3, 0.4) is 0 Å². The maximum Gasteiger partial charge on any atom is 0.314 e. The number of aromatic nitrogens is 4. The third-order valence-corrected chi connectivity index (χ3v) is 6.46. The Hall–Kier alpha value is -5.60. The van der Waals surface area contributed by atoms with Gasteiger partial charge in [0.1, 0.15) is 53.0 Å². The SMILES string of the molecule is [B]C([B])([B])Oc1ncc(N=C/C=C(\N)Oc2ccc(Nc3ncnc4cc(OC)c(NC5CN(C(=O)C=C)C5)cc34)c(F)c2)cn1. The van der Waals surface area contributed by atoms with Gasteiger partial charge in [-0.3, -0.25) is 9.79 Å². The highest BCUT2D eigenvalue weighted by molar-refractivity contribution is 6.58. The Morgan fingerprint density at radius 2 is 1.91 bits per heavy atom. The van der Waals surface area contributed by atoms with Crippen LogP contribution in [-0.4, -0.2) is 92.0 Å². The predicted octanol–water partition coefficient (Wildman–Crippen LogP) is 2.20. The number of methoxy groups -OCH3 is 1. The Morgan fingerprint density at radius 1 is 1.15 bits per heavy atom. The summed E-state index contributed by atoms with van der Waals surface area (Å²) in [4.78, 5) is 34.0. The lowest BCUT2D eigenvalue weighted by Gasteiger charge is -2.39. The Morgan fingerprint density at radius 3 is 2.59 bits per heavy atom. The van der Waals surface area contributed by atoms with Crippen LogP contribution in [0.4, 0.5) is 27.3 Å². The largest absolute Gasteiger partial charge is 0.495 e. The van der Waals surface area contributed by atoms with Crippen LogP contribution >= 0.6 is 0 Å².